The summed E-state index contributed by atoms with van der Waals surface area (Å²) in [7, 11) is 0. The number of hydrogen-bond acceptors (Lipinski definition) is 21. The topological polar surface area (TPSA) is 334 Å². The molecule has 4 heterocycles. The van der Waals surface area contributed by atoms with Crippen molar-refractivity contribution in [2.45, 2.75) is 99.0 Å². The maximum absolute atomic E-state index is 14.1. The summed E-state index contributed by atoms with van der Waals surface area (Å²) in [6.07, 6.45) is -25.8. The van der Waals surface area contributed by atoms with Crippen molar-refractivity contribution in [2.75, 3.05) is 13.2 Å². The Morgan fingerprint density at radius 1 is 0.689 bits per heavy atom. The maximum atomic E-state index is 14.1. The standard InChI is InChI=1S/C40H44O21/c1-15-25(44)31(50)36(61-39-33(52)30(49)27(46)23(59-39)14-54-37(53)17-5-3-2-4-6-17)40(55-15)56-19-11-20(43)24-21(12-19)57-34(16-7-9-18(42)10-8-16)35(28(24)47)60-38-32(51)29(48)26(45)22(13-41)58-38/h2-12,15,22-23,25-27,29-33,36,38-46,48-52H,13-14H2,1H3. The van der Waals surface area contributed by atoms with Crippen LogP contribution in [0.1, 0.15) is 17.3 Å². The molecule has 7 rings (SSSR count). The van der Waals surface area contributed by atoms with Crippen molar-refractivity contribution in [1.29, 1.82) is 0 Å². The normalized spacial score (nSPS) is 34.2. The number of phenols is 2. The highest BCUT2D eigenvalue weighted by atomic mass is 16.8. The lowest BCUT2D eigenvalue weighted by Crippen LogP contribution is -2.64. The third-order valence-electron chi connectivity index (χ3n) is 10.5. The largest absolute Gasteiger partial charge is 0.508 e. The van der Waals surface area contributed by atoms with Gasteiger partial charge in [-0.15, -0.1) is 0 Å². The van der Waals surface area contributed by atoms with Crippen molar-refractivity contribution in [3.05, 3.63) is 82.5 Å². The van der Waals surface area contributed by atoms with Gasteiger partial charge >= 0.3 is 5.97 Å². The summed E-state index contributed by atoms with van der Waals surface area (Å²) in [6, 6.07) is 15.1. The summed E-state index contributed by atoms with van der Waals surface area (Å²) in [6.45, 7) is -0.0185. The summed E-state index contributed by atoms with van der Waals surface area (Å²) in [5.74, 6) is -3.00. The van der Waals surface area contributed by atoms with Gasteiger partial charge in [0.2, 0.25) is 23.8 Å². The number of ether oxygens (including phenoxy) is 7. The first kappa shape index (κ1) is 44.1. The van der Waals surface area contributed by atoms with Gasteiger partial charge in [0.05, 0.1) is 18.3 Å². The number of aliphatic hydroxyl groups excluding tert-OH is 9. The highest BCUT2D eigenvalue weighted by Gasteiger charge is 2.51. The van der Waals surface area contributed by atoms with Crippen molar-refractivity contribution < 1.29 is 98.5 Å². The molecule has 3 fully saturated rings. The van der Waals surface area contributed by atoms with Crippen LogP contribution in [-0.2, 0) is 23.7 Å². The summed E-state index contributed by atoms with van der Waals surface area (Å²) in [5, 5.41) is 116. The number of aromatic hydroxyl groups is 2. The number of benzene rings is 3. The van der Waals surface area contributed by atoms with Crippen molar-refractivity contribution in [3.63, 3.8) is 0 Å². The van der Waals surface area contributed by atoms with Crippen LogP contribution in [0.4, 0.5) is 0 Å². The van der Waals surface area contributed by atoms with E-state index in [0.717, 1.165) is 12.1 Å². The smallest absolute Gasteiger partial charge is 0.338 e. The Morgan fingerprint density at radius 3 is 2.00 bits per heavy atom. The molecule has 0 bridgehead atoms. The minimum Gasteiger partial charge on any atom is -0.508 e. The van der Waals surface area contributed by atoms with E-state index in [1.54, 1.807) is 18.2 Å². The second-order valence-corrected chi connectivity index (χ2v) is 14.7. The van der Waals surface area contributed by atoms with Crippen LogP contribution < -0.4 is 14.9 Å². The number of fused-ring (bicyclic) bond motifs is 1. The molecule has 11 N–H and O–H groups in total. The van der Waals surface area contributed by atoms with Gasteiger partial charge in [-0.25, -0.2) is 4.79 Å². The second kappa shape index (κ2) is 18.2. The summed E-state index contributed by atoms with van der Waals surface area (Å²) in [5.41, 5.74) is -1.09. The monoisotopic (exact) mass is 860 g/mol. The van der Waals surface area contributed by atoms with E-state index in [-0.39, 0.29) is 34.0 Å². The van der Waals surface area contributed by atoms with Crippen LogP contribution in [0, 0.1) is 0 Å². The van der Waals surface area contributed by atoms with E-state index in [0.29, 0.717) is 0 Å². The van der Waals surface area contributed by atoms with Crippen LogP contribution in [-0.4, -0.2) is 167 Å². The second-order valence-electron chi connectivity index (χ2n) is 14.7. The average Bonchev–Trinajstić information content (AvgIpc) is 3.25. The van der Waals surface area contributed by atoms with E-state index in [1.165, 1.54) is 43.3 Å². The molecule has 0 aliphatic carbocycles. The van der Waals surface area contributed by atoms with E-state index < -0.39 is 134 Å². The molecule has 0 radical (unpaired) electrons. The SMILES string of the molecule is CC1OC(Oc2cc(O)c3c(=O)c(OC4OC(CO)C(O)C(O)C4O)c(-c4ccc(O)cc4)oc3c2)C(OC2OC(COC(=O)c3ccccc3)C(O)C(O)C2O)C(O)C1O. The van der Waals surface area contributed by atoms with Crippen LogP contribution in [0.3, 0.4) is 0 Å². The van der Waals surface area contributed by atoms with Gasteiger partial charge in [0.15, 0.2) is 18.2 Å². The molecule has 61 heavy (non-hydrogen) atoms. The fraction of sp³-hybridized carbons (Fsp3) is 0.450. The summed E-state index contributed by atoms with van der Waals surface area (Å²) < 4.78 is 45.8. The van der Waals surface area contributed by atoms with Gasteiger partial charge in [-0.05, 0) is 43.3 Å². The average molecular weight is 861 g/mol. The molecule has 1 aromatic heterocycles. The number of carbonyl (C=O) groups excluding carboxylic acids is 1. The first-order chi connectivity index (χ1) is 29.1. The maximum Gasteiger partial charge on any atom is 0.338 e. The summed E-state index contributed by atoms with van der Waals surface area (Å²) in [4.78, 5) is 26.7. The Balaban J connectivity index is 1.18. The highest BCUT2D eigenvalue weighted by Crippen LogP contribution is 2.39. The third kappa shape index (κ3) is 8.87. The van der Waals surface area contributed by atoms with Gasteiger partial charge in [-0.2, -0.15) is 0 Å². The molecule has 21 nitrogen and oxygen atoms in total. The molecule has 3 aliphatic heterocycles. The van der Waals surface area contributed by atoms with Gasteiger partial charge in [0.25, 0.3) is 0 Å². The number of hydrogen-bond donors (Lipinski definition) is 11. The van der Waals surface area contributed by atoms with Gasteiger partial charge in [-0.3, -0.25) is 4.79 Å². The van der Waals surface area contributed by atoms with E-state index in [4.69, 9.17) is 37.6 Å². The number of aliphatic hydroxyl groups is 9. The predicted octanol–water partition coefficient (Wildman–Crippen LogP) is -2.05. The molecular formula is C40H44O21. The van der Waals surface area contributed by atoms with Gasteiger partial charge in [0.1, 0.15) is 95.9 Å². The van der Waals surface area contributed by atoms with Crippen LogP contribution in [0.25, 0.3) is 22.3 Å². The fourth-order valence-corrected chi connectivity index (χ4v) is 7.03. The Labute approximate surface area is 344 Å². The van der Waals surface area contributed by atoms with Gasteiger partial charge in [0, 0.05) is 17.7 Å². The van der Waals surface area contributed by atoms with Gasteiger partial charge < -0.3 is 93.7 Å². The van der Waals surface area contributed by atoms with Crippen molar-refractivity contribution in [3.8, 4) is 34.3 Å². The predicted molar refractivity (Wildman–Crippen MR) is 201 cm³/mol. The zero-order chi connectivity index (χ0) is 43.9. The minimum absolute atomic E-state index is 0.115. The van der Waals surface area contributed by atoms with Crippen molar-refractivity contribution in [1.82, 2.24) is 0 Å². The lowest BCUT2D eigenvalue weighted by atomic mass is 9.97. The fourth-order valence-electron chi connectivity index (χ4n) is 7.03. The van der Waals surface area contributed by atoms with Crippen molar-refractivity contribution >= 4 is 16.9 Å². The molecule has 3 aliphatic rings. The molecule has 330 valence electrons. The number of phenolic OH excluding ortho intramolecular Hbond substituents is 2. The van der Waals surface area contributed by atoms with Crippen LogP contribution in [0.15, 0.2) is 75.9 Å². The quantitative estimate of drug-likeness (QED) is 0.0723. The summed E-state index contributed by atoms with van der Waals surface area (Å²) >= 11 is 0. The highest BCUT2D eigenvalue weighted by molar-refractivity contribution is 5.89. The van der Waals surface area contributed by atoms with Crippen molar-refractivity contribution in [2.24, 2.45) is 0 Å². The molecule has 0 spiro atoms. The molecule has 0 amide bonds. The van der Waals surface area contributed by atoms with E-state index >= 15 is 0 Å². The Morgan fingerprint density at radius 2 is 1.33 bits per heavy atom. The molecule has 3 aromatic carbocycles. The molecule has 4 aromatic rings. The molecule has 0 saturated carbocycles. The number of carbonyl (C=O) groups is 1. The molecule has 15 atom stereocenters. The number of esters is 1. The Hall–Kier alpha value is -4.98. The Bertz CT molecular complexity index is 2200. The van der Waals surface area contributed by atoms with E-state index in [1.807, 2.05) is 0 Å². The first-order valence-electron chi connectivity index (χ1n) is 18.9. The van der Waals surface area contributed by atoms with Crippen LogP contribution in [0.5, 0.6) is 23.0 Å². The zero-order valence-corrected chi connectivity index (χ0v) is 31.9. The van der Waals surface area contributed by atoms with Crippen LogP contribution in [0.2, 0.25) is 0 Å². The zero-order valence-electron chi connectivity index (χ0n) is 31.9. The van der Waals surface area contributed by atoms with Gasteiger partial charge in [-0.1, -0.05) is 18.2 Å². The first-order valence-corrected chi connectivity index (χ1v) is 18.9. The van der Waals surface area contributed by atoms with E-state index in [9.17, 15) is 65.8 Å². The molecule has 21 heteroatoms. The minimum atomic E-state index is -1.96. The molecular weight excluding hydrogens is 816 g/mol. The molecule has 15 unspecified atom stereocenters. The lowest BCUT2D eigenvalue weighted by Gasteiger charge is -2.45. The Kier molecular flexibility index (Phi) is 13.1. The molecule has 3 saturated heterocycles. The van der Waals surface area contributed by atoms with Crippen LogP contribution >= 0.6 is 0 Å². The number of rotatable bonds is 11. The van der Waals surface area contributed by atoms with E-state index in [2.05, 4.69) is 0 Å². The lowest BCUT2D eigenvalue weighted by molar-refractivity contribution is -0.355. The third-order valence-corrected chi connectivity index (χ3v) is 10.5.